The van der Waals surface area contributed by atoms with Crippen molar-refractivity contribution in [2.24, 2.45) is 5.73 Å². The van der Waals surface area contributed by atoms with Crippen LogP contribution in [0, 0.1) is 0 Å². The Kier molecular flexibility index (Phi) is 5.05. The summed E-state index contributed by atoms with van der Waals surface area (Å²) in [5.74, 6) is 0.292. The van der Waals surface area contributed by atoms with E-state index in [2.05, 4.69) is 11.8 Å². The van der Waals surface area contributed by atoms with Crippen molar-refractivity contribution in [3.05, 3.63) is 0 Å². The zero-order valence-electron chi connectivity index (χ0n) is 9.91. The van der Waals surface area contributed by atoms with Gasteiger partial charge in [0.05, 0.1) is 0 Å². The molecule has 0 spiro atoms. The molecule has 1 aliphatic heterocycles. The molecule has 1 aliphatic rings. The van der Waals surface area contributed by atoms with Gasteiger partial charge in [0.15, 0.2) is 0 Å². The Morgan fingerprint density at radius 2 is 2.27 bits per heavy atom. The first-order chi connectivity index (χ1) is 7.19. The summed E-state index contributed by atoms with van der Waals surface area (Å²) in [5.41, 5.74) is 5.50. The third-order valence-corrected chi connectivity index (χ3v) is 3.04. The Morgan fingerprint density at radius 3 is 2.87 bits per heavy atom. The zero-order chi connectivity index (χ0) is 11.3. The van der Waals surface area contributed by atoms with E-state index in [1.807, 2.05) is 11.8 Å². The van der Waals surface area contributed by atoms with Crippen molar-refractivity contribution in [2.45, 2.75) is 32.7 Å². The molecule has 1 heterocycles. The van der Waals surface area contributed by atoms with Gasteiger partial charge in [-0.3, -0.25) is 4.79 Å². The molecule has 0 aromatic rings. The number of likely N-dealkylation sites (N-methyl/N-ethyl adjacent to an activating group) is 1. The van der Waals surface area contributed by atoms with E-state index in [1.54, 1.807) is 0 Å². The molecule has 0 aromatic heterocycles. The van der Waals surface area contributed by atoms with Gasteiger partial charge < -0.3 is 15.5 Å². The second-order valence-corrected chi connectivity index (χ2v) is 4.22. The van der Waals surface area contributed by atoms with Gasteiger partial charge in [-0.25, -0.2) is 0 Å². The lowest BCUT2D eigenvalue weighted by atomic mass is 10.2. The normalized spacial score (nSPS) is 24.3. The summed E-state index contributed by atoms with van der Waals surface area (Å²) in [5, 5.41) is 0. The third-order valence-electron chi connectivity index (χ3n) is 3.04. The van der Waals surface area contributed by atoms with Gasteiger partial charge in [-0.15, -0.1) is 0 Å². The lowest BCUT2D eigenvalue weighted by Crippen LogP contribution is -2.41. The number of nitrogens with zero attached hydrogens (tertiary/aromatic N) is 2. The van der Waals surface area contributed by atoms with Gasteiger partial charge in [-0.1, -0.05) is 0 Å². The van der Waals surface area contributed by atoms with Crippen molar-refractivity contribution in [1.82, 2.24) is 9.80 Å². The molecule has 0 saturated carbocycles. The van der Waals surface area contributed by atoms with Crippen LogP contribution in [-0.4, -0.2) is 54.5 Å². The van der Waals surface area contributed by atoms with E-state index in [-0.39, 0.29) is 0 Å². The SMILES string of the molecule is CCN1C(=O)CCN(CCCN)CC1C. The Morgan fingerprint density at radius 1 is 1.53 bits per heavy atom. The van der Waals surface area contributed by atoms with E-state index in [1.165, 1.54) is 0 Å². The number of rotatable bonds is 4. The van der Waals surface area contributed by atoms with E-state index >= 15 is 0 Å². The predicted molar refractivity (Wildman–Crippen MR) is 61.6 cm³/mol. The minimum atomic E-state index is 0.292. The minimum absolute atomic E-state index is 0.292. The number of carbonyl (C=O) groups excluding carboxylic acids is 1. The van der Waals surface area contributed by atoms with E-state index < -0.39 is 0 Å². The fourth-order valence-electron chi connectivity index (χ4n) is 2.21. The lowest BCUT2D eigenvalue weighted by Gasteiger charge is -2.28. The van der Waals surface area contributed by atoms with Gasteiger partial charge in [0.25, 0.3) is 0 Å². The van der Waals surface area contributed by atoms with E-state index in [9.17, 15) is 4.79 Å². The maximum Gasteiger partial charge on any atom is 0.224 e. The Hall–Kier alpha value is -0.610. The first-order valence-electron chi connectivity index (χ1n) is 5.91. The monoisotopic (exact) mass is 213 g/mol. The van der Waals surface area contributed by atoms with Crippen molar-refractivity contribution >= 4 is 5.91 Å². The topological polar surface area (TPSA) is 49.6 Å². The second-order valence-electron chi connectivity index (χ2n) is 4.22. The standard InChI is InChI=1S/C11H23N3O/c1-3-14-10(2)9-13(7-4-6-12)8-5-11(14)15/h10H,3-9,12H2,1-2H3. The number of carbonyl (C=O) groups is 1. The van der Waals surface area contributed by atoms with Gasteiger partial charge >= 0.3 is 0 Å². The summed E-state index contributed by atoms with van der Waals surface area (Å²) in [7, 11) is 0. The largest absolute Gasteiger partial charge is 0.339 e. The van der Waals surface area contributed by atoms with E-state index in [0.717, 1.165) is 39.1 Å². The maximum atomic E-state index is 11.7. The molecule has 1 rings (SSSR count). The summed E-state index contributed by atoms with van der Waals surface area (Å²) in [6.45, 7) is 8.62. The molecule has 0 aliphatic carbocycles. The molecule has 1 saturated heterocycles. The summed E-state index contributed by atoms with van der Waals surface area (Å²) >= 11 is 0. The zero-order valence-corrected chi connectivity index (χ0v) is 9.91. The number of hydrogen-bond acceptors (Lipinski definition) is 3. The van der Waals surface area contributed by atoms with Gasteiger partial charge in [0.1, 0.15) is 0 Å². The first kappa shape index (κ1) is 12.5. The number of hydrogen-bond donors (Lipinski definition) is 1. The van der Waals surface area contributed by atoms with Crippen LogP contribution >= 0.6 is 0 Å². The quantitative estimate of drug-likeness (QED) is 0.729. The highest BCUT2D eigenvalue weighted by Crippen LogP contribution is 2.10. The fourth-order valence-corrected chi connectivity index (χ4v) is 2.21. The van der Waals surface area contributed by atoms with Crippen molar-refractivity contribution in [2.75, 3.05) is 32.7 Å². The number of nitrogens with two attached hydrogens (primary N) is 1. The molecule has 1 unspecified atom stereocenters. The molecular weight excluding hydrogens is 190 g/mol. The lowest BCUT2D eigenvalue weighted by molar-refractivity contribution is -0.131. The van der Waals surface area contributed by atoms with Crippen LogP contribution in [0.3, 0.4) is 0 Å². The van der Waals surface area contributed by atoms with Crippen LogP contribution in [0.5, 0.6) is 0 Å². The smallest absolute Gasteiger partial charge is 0.224 e. The first-order valence-corrected chi connectivity index (χ1v) is 5.91. The van der Waals surface area contributed by atoms with Crippen molar-refractivity contribution in [3.63, 3.8) is 0 Å². The van der Waals surface area contributed by atoms with Crippen LogP contribution in [0.1, 0.15) is 26.7 Å². The summed E-state index contributed by atoms with van der Waals surface area (Å²) in [6.07, 6.45) is 1.68. The summed E-state index contributed by atoms with van der Waals surface area (Å²) in [4.78, 5) is 16.1. The van der Waals surface area contributed by atoms with Crippen LogP contribution in [0.2, 0.25) is 0 Å². The molecule has 88 valence electrons. The maximum absolute atomic E-state index is 11.7. The molecule has 0 radical (unpaired) electrons. The van der Waals surface area contributed by atoms with E-state index in [4.69, 9.17) is 5.73 Å². The summed E-state index contributed by atoms with van der Waals surface area (Å²) < 4.78 is 0. The van der Waals surface area contributed by atoms with Crippen LogP contribution in [0.15, 0.2) is 0 Å². The Balaban J connectivity index is 2.51. The van der Waals surface area contributed by atoms with Gasteiger partial charge in [-0.2, -0.15) is 0 Å². The molecular formula is C11H23N3O. The molecule has 0 bridgehead atoms. The number of amides is 1. The minimum Gasteiger partial charge on any atom is -0.339 e. The Bertz CT molecular complexity index is 208. The molecule has 1 atom stereocenters. The van der Waals surface area contributed by atoms with Crippen molar-refractivity contribution in [1.29, 1.82) is 0 Å². The molecule has 0 aromatic carbocycles. The average Bonchev–Trinajstić information content (AvgIpc) is 2.35. The summed E-state index contributed by atoms with van der Waals surface area (Å²) in [6, 6.07) is 0.336. The van der Waals surface area contributed by atoms with Gasteiger partial charge in [0, 0.05) is 32.1 Å². The van der Waals surface area contributed by atoms with Crippen LogP contribution in [0.25, 0.3) is 0 Å². The van der Waals surface area contributed by atoms with Gasteiger partial charge in [-0.05, 0) is 33.4 Å². The predicted octanol–water partition coefficient (Wildman–Crippen LogP) is 0.278. The highest BCUT2D eigenvalue weighted by molar-refractivity contribution is 5.77. The molecule has 15 heavy (non-hydrogen) atoms. The molecule has 4 nitrogen and oxygen atoms in total. The average molecular weight is 213 g/mol. The fraction of sp³-hybridized carbons (Fsp3) is 0.909. The van der Waals surface area contributed by atoms with Gasteiger partial charge in [0.2, 0.25) is 5.91 Å². The van der Waals surface area contributed by atoms with Crippen molar-refractivity contribution in [3.8, 4) is 0 Å². The highest BCUT2D eigenvalue weighted by atomic mass is 16.2. The second kappa shape index (κ2) is 6.08. The van der Waals surface area contributed by atoms with E-state index in [0.29, 0.717) is 18.4 Å². The molecule has 2 N–H and O–H groups in total. The van der Waals surface area contributed by atoms with Crippen LogP contribution < -0.4 is 5.73 Å². The molecule has 1 amide bonds. The molecule has 1 fully saturated rings. The van der Waals surface area contributed by atoms with Crippen LogP contribution in [-0.2, 0) is 4.79 Å². The highest BCUT2D eigenvalue weighted by Gasteiger charge is 2.24. The van der Waals surface area contributed by atoms with Crippen LogP contribution in [0.4, 0.5) is 0 Å². The Labute approximate surface area is 92.4 Å². The third kappa shape index (κ3) is 3.47. The van der Waals surface area contributed by atoms with Crippen molar-refractivity contribution < 1.29 is 4.79 Å². The molecule has 4 heteroatoms.